The number of ether oxygens (including phenoxy) is 1. The van der Waals surface area contributed by atoms with Crippen molar-refractivity contribution in [2.75, 3.05) is 13.2 Å². The van der Waals surface area contributed by atoms with Gasteiger partial charge in [-0.05, 0) is 38.1 Å². The lowest BCUT2D eigenvalue weighted by Gasteiger charge is -2.19. The van der Waals surface area contributed by atoms with E-state index in [1.165, 1.54) is 5.56 Å². The van der Waals surface area contributed by atoms with Crippen molar-refractivity contribution < 1.29 is 4.74 Å². The maximum Gasteiger partial charge on any atom is 0.119 e. The number of nitrogens with two attached hydrogens (primary N) is 1. The number of hydrogen-bond donors (Lipinski definition) is 3. The Balaban J connectivity index is 2.18. The molecule has 1 aliphatic rings. The van der Waals surface area contributed by atoms with Crippen LogP contribution >= 0.6 is 0 Å². The van der Waals surface area contributed by atoms with Crippen LogP contribution in [-0.2, 0) is 0 Å². The van der Waals surface area contributed by atoms with Gasteiger partial charge in [-0.2, -0.15) is 0 Å². The summed E-state index contributed by atoms with van der Waals surface area (Å²) < 4.78 is 5.52. The van der Waals surface area contributed by atoms with Crippen molar-refractivity contribution in [3.63, 3.8) is 0 Å². The van der Waals surface area contributed by atoms with Gasteiger partial charge in [0.05, 0.1) is 12.6 Å². The van der Waals surface area contributed by atoms with Gasteiger partial charge >= 0.3 is 0 Å². The minimum Gasteiger partial charge on any atom is -0.494 e. The van der Waals surface area contributed by atoms with Gasteiger partial charge in [-0.3, -0.25) is 5.43 Å². The van der Waals surface area contributed by atoms with Crippen LogP contribution in [0.5, 0.6) is 5.75 Å². The van der Waals surface area contributed by atoms with E-state index in [1.807, 2.05) is 19.1 Å². The van der Waals surface area contributed by atoms with Gasteiger partial charge in [0.1, 0.15) is 5.75 Å². The highest BCUT2D eigenvalue weighted by Crippen LogP contribution is 2.29. The largest absolute Gasteiger partial charge is 0.494 e. The number of hydrazine groups is 1. The highest BCUT2D eigenvalue weighted by Gasteiger charge is 2.32. The predicted octanol–water partition coefficient (Wildman–Crippen LogP) is 1.20. The Labute approximate surface area is 103 Å². The van der Waals surface area contributed by atoms with E-state index in [2.05, 4.69) is 29.9 Å². The molecule has 3 atom stereocenters. The first kappa shape index (κ1) is 12.4. The molecule has 0 bridgehead atoms. The predicted molar refractivity (Wildman–Crippen MR) is 68.6 cm³/mol. The van der Waals surface area contributed by atoms with Crippen molar-refractivity contribution in [3.8, 4) is 5.75 Å². The molecule has 3 unspecified atom stereocenters. The van der Waals surface area contributed by atoms with Gasteiger partial charge in [-0.1, -0.05) is 12.1 Å². The molecule has 1 aromatic rings. The molecule has 4 N–H and O–H groups in total. The molecule has 17 heavy (non-hydrogen) atoms. The lowest BCUT2D eigenvalue weighted by atomic mass is 9.90. The molecule has 1 heterocycles. The summed E-state index contributed by atoms with van der Waals surface area (Å²) in [6, 6.07) is 8.86. The molecule has 0 aromatic heterocycles. The summed E-state index contributed by atoms with van der Waals surface area (Å²) in [6.07, 6.45) is 0. The molecule has 2 rings (SSSR count). The van der Waals surface area contributed by atoms with Crippen LogP contribution in [0, 0.1) is 5.92 Å². The summed E-state index contributed by atoms with van der Waals surface area (Å²) in [5.74, 6) is 1.33. The van der Waals surface area contributed by atoms with E-state index in [4.69, 9.17) is 10.5 Å². The molecule has 1 fully saturated rings. The van der Waals surface area contributed by atoms with Crippen molar-refractivity contribution in [1.82, 2.24) is 10.9 Å². The smallest absolute Gasteiger partial charge is 0.119 e. The van der Waals surface area contributed by atoms with E-state index in [9.17, 15) is 0 Å². The summed E-state index contributed by atoms with van der Waals surface area (Å²) >= 11 is 0. The van der Waals surface area contributed by atoms with E-state index in [0.29, 0.717) is 25.1 Å². The molecule has 1 aliphatic heterocycles. The van der Waals surface area contributed by atoms with E-state index in [0.717, 1.165) is 5.75 Å². The second-order valence-corrected chi connectivity index (χ2v) is 4.46. The fourth-order valence-electron chi connectivity index (χ4n) is 2.36. The van der Waals surface area contributed by atoms with Gasteiger partial charge in [-0.15, -0.1) is 0 Å². The summed E-state index contributed by atoms with van der Waals surface area (Å²) in [6.45, 7) is 5.50. The first-order valence-corrected chi connectivity index (χ1v) is 6.20. The van der Waals surface area contributed by atoms with E-state index in [1.54, 1.807) is 0 Å². The molecular formula is C13H21N3O. The Morgan fingerprint density at radius 2 is 2.18 bits per heavy atom. The fraction of sp³-hybridized carbons (Fsp3) is 0.538. The normalized spacial score (nSPS) is 28.3. The molecule has 4 heteroatoms. The standard InChI is InChI=1S/C13H21N3O/c1-3-17-11-6-4-5-10(7-11)13-12(8-14)9(2)15-16-13/h4-7,9,12-13,15-16H,3,8,14H2,1-2H3. The Bertz CT molecular complexity index is 369. The molecule has 1 aromatic carbocycles. The highest BCUT2D eigenvalue weighted by atomic mass is 16.5. The summed E-state index contributed by atoms with van der Waals surface area (Å²) in [5.41, 5.74) is 13.6. The van der Waals surface area contributed by atoms with Crippen LogP contribution in [0.4, 0.5) is 0 Å². The van der Waals surface area contributed by atoms with E-state index >= 15 is 0 Å². The molecule has 94 valence electrons. The third-order valence-corrected chi connectivity index (χ3v) is 3.34. The molecule has 1 saturated heterocycles. The highest BCUT2D eigenvalue weighted by molar-refractivity contribution is 5.31. The van der Waals surface area contributed by atoms with Crippen LogP contribution in [0.2, 0.25) is 0 Å². The molecule has 0 radical (unpaired) electrons. The van der Waals surface area contributed by atoms with Crippen molar-refractivity contribution in [1.29, 1.82) is 0 Å². The lowest BCUT2D eigenvalue weighted by molar-refractivity contribution is 0.339. The SMILES string of the molecule is CCOc1cccc(C2NNC(C)C2CN)c1. The van der Waals surface area contributed by atoms with Gasteiger partial charge in [0, 0.05) is 12.0 Å². The molecule has 0 amide bonds. The quantitative estimate of drug-likeness (QED) is 0.734. The molecular weight excluding hydrogens is 214 g/mol. The van der Waals surface area contributed by atoms with Crippen LogP contribution in [-0.4, -0.2) is 19.2 Å². The van der Waals surface area contributed by atoms with Crippen molar-refractivity contribution in [3.05, 3.63) is 29.8 Å². The van der Waals surface area contributed by atoms with Gasteiger partial charge < -0.3 is 10.5 Å². The average Bonchev–Trinajstić information content (AvgIpc) is 2.71. The zero-order chi connectivity index (χ0) is 12.3. The van der Waals surface area contributed by atoms with Crippen molar-refractivity contribution >= 4 is 0 Å². The first-order chi connectivity index (χ1) is 8.26. The summed E-state index contributed by atoms with van der Waals surface area (Å²) in [5, 5.41) is 0. The number of benzene rings is 1. The van der Waals surface area contributed by atoms with Gasteiger partial charge in [-0.25, -0.2) is 5.43 Å². The lowest BCUT2D eigenvalue weighted by Crippen LogP contribution is -2.30. The minimum absolute atomic E-state index is 0.260. The maximum absolute atomic E-state index is 5.84. The number of hydrogen-bond acceptors (Lipinski definition) is 4. The summed E-state index contributed by atoms with van der Waals surface area (Å²) in [4.78, 5) is 0. The van der Waals surface area contributed by atoms with Crippen LogP contribution in [0.3, 0.4) is 0 Å². The molecule has 0 saturated carbocycles. The summed E-state index contributed by atoms with van der Waals surface area (Å²) in [7, 11) is 0. The van der Waals surface area contributed by atoms with Crippen molar-refractivity contribution in [2.24, 2.45) is 11.7 Å². The van der Waals surface area contributed by atoms with E-state index < -0.39 is 0 Å². The second-order valence-electron chi connectivity index (χ2n) is 4.46. The third-order valence-electron chi connectivity index (χ3n) is 3.34. The average molecular weight is 235 g/mol. The number of nitrogens with one attached hydrogen (secondary N) is 2. The molecule has 4 nitrogen and oxygen atoms in total. The monoisotopic (exact) mass is 235 g/mol. The van der Waals surface area contributed by atoms with Crippen LogP contribution in [0.1, 0.15) is 25.5 Å². The topological polar surface area (TPSA) is 59.3 Å². The Kier molecular flexibility index (Phi) is 3.99. The zero-order valence-corrected chi connectivity index (χ0v) is 10.4. The first-order valence-electron chi connectivity index (χ1n) is 6.20. The van der Waals surface area contributed by atoms with Crippen LogP contribution in [0.15, 0.2) is 24.3 Å². The molecule has 0 spiro atoms. The third kappa shape index (κ3) is 2.60. The number of rotatable bonds is 4. The Morgan fingerprint density at radius 3 is 2.88 bits per heavy atom. The fourth-order valence-corrected chi connectivity index (χ4v) is 2.36. The second kappa shape index (κ2) is 5.49. The molecule has 0 aliphatic carbocycles. The van der Waals surface area contributed by atoms with Crippen molar-refractivity contribution in [2.45, 2.75) is 25.9 Å². The van der Waals surface area contributed by atoms with Crippen LogP contribution in [0.25, 0.3) is 0 Å². The van der Waals surface area contributed by atoms with Gasteiger partial charge in [0.15, 0.2) is 0 Å². The minimum atomic E-state index is 0.260. The Morgan fingerprint density at radius 1 is 1.35 bits per heavy atom. The van der Waals surface area contributed by atoms with Gasteiger partial charge in [0.2, 0.25) is 0 Å². The Hall–Kier alpha value is -1.10. The zero-order valence-electron chi connectivity index (χ0n) is 10.4. The van der Waals surface area contributed by atoms with Gasteiger partial charge in [0.25, 0.3) is 0 Å². The maximum atomic E-state index is 5.84. The van der Waals surface area contributed by atoms with Crippen LogP contribution < -0.4 is 21.3 Å². The van der Waals surface area contributed by atoms with E-state index in [-0.39, 0.29) is 6.04 Å².